The zero-order chi connectivity index (χ0) is 19.2. The number of ether oxygens (including phenoxy) is 2. The number of nitrogens with one attached hydrogen (secondary N) is 2. The Hall–Kier alpha value is -2.29. The van der Waals surface area contributed by atoms with E-state index in [1.54, 1.807) is 18.2 Å². The van der Waals surface area contributed by atoms with Crippen LogP contribution in [0.5, 0.6) is 11.5 Å². The first-order valence-corrected chi connectivity index (χ1v) is 8.23. The molecule has 0 radical (unpaired) electrons. The minimum atomic E-state index is -4.76. The SMILES string of the molecule is N=C(NCc1cc(Br)ccc1OCCF)c1ccc(OC(F)(F)F)cc1. The molecule has 2 N–H and O–H groups in total. The lowest BCUT2D eigenvalue weighted by Crippen LogP contribution is -2.23. The van der Waals surface area contributed by atoms with Gasteiger partial charge >= 0.3 is 6.36 Å². The van der Waals surface area contributed by atoms with Crippen LogP contribution >= 0.6 is 15.9 Å². The smallest absolute Gasteiger partial charge is 0.491 e. The summed E-state index contributed by atoms with van der Waals surface area (Å²) >= 11 is 3.33. The molecule has 2 aromatic carbocycles. The number of hydrogen-bond acceptors (Lipinski definition) is 3. The van der Waals surface area contributed by atoms with Gasteiger partial charge in [-0.2, -0.15) is 0 Å². The maximum absolute atomic E-state index is 12.3. The molecule has 0 amide bonds. The number of halogens is 5. The van der Waals surface area contributed by atoms with E-state index >= 15 is 0 Å². The quantitative estimate of drug-likeness (QED) is 0.373. The molecule has 0 aliphatic carbocycles. The van der Waals surface area contributed by atoms with Crippen LogP contribution in [0.2, 0.25) is 0 Å². The number of rotatable bonds is 7. The van der Waals surface area contributed by atoms with E-state index in [-0.39, 0.29) is 24.7 Å². The van der Waals surface area contributed by atoms with Crippen LogP contribution in [0.15, 0.2) is 46.9 Å². The second-order valence-corrected chi connectivity index (χ2v) is 6.01. The molecule has 140 valence electrons. The zero-order valence-corrected chi connectivity index (χ0v) is 15.0. The minimum Gasteiger partial charge on any atom is -0.491 e. The van der Waals surface area contributed by atoms with Gasteiger partial charge in [0.2, 0.25) is 0 Å². The Balaban J connectivity index is 2.01. The van der Waals surface area contributed by atoms with Gasteiger partial charge < -0.3 is 14.8 Å². The maximum Gasteiger partial charge on any atom is 0.573 e. The number of hydrogen-bond donors (Lipinski definition) is 2. The van der Waals surface area contributed by atoms with E-state index in [1.165, 1.54) is 12.1 Å². The third kappa shape index (κ3) is 6.21. The van der Waals surface area contributed by atoms with Crippen LogP contribution in [0.25, 0.3) is 0 Å². The van der Waals surface area contributed by atoms with Crippen molar-refractivity contribution in [2.75, 3.05) is 13.3 Å². The normalized spacial score (nSPS) is 11.1. The highest BCUT2D eigenvalue weighted by atomic mass is 79.9. The van der Waals surface area contributed by atoms with Crippen molar-refractivity contribution in [2.45, 2.75) is 12.9 Å². The van der Waals surface area contributed by atoms with Crippen molar-refractivity contribution < 1.29 is 27.0 Å². The molecule has 0 bridgehead atoms. The van der Waals surface area contributed by atoms with Crippen molar-refractivity contribution in [3.8, 4) is 11.5 Å². The first kappa shape index (κ1) is 20.0. The summed E-state index contributed by atoms with van der Waals surface area (Å²) in [5.74, 6) is 0.142. The summed E-state index contributed by atoms with van der Waals surface area (Å²) in [5, 5.41) is 10.9. The summed E-state index contributed by atoms with van der Waals surface area (Å²) in [6, 6.07) is 10.2. The molecule has 0 saturated heterocycles. The number of alkyl halides is 4. The molecule has 9 heteroatoms. The lowest BCUT2D eigenvalue weighted by atomic mass is 10.1. The molecule has 0 fully saturated rings. The Morgan fingerprint density at radius 2 is 1.81 bits per heavy atom. The van der Waals surface area contributed by atoms with E-state index in [0.29, 0.717) is 16.9 Å². The zero-order valence-electron chi connectivity index (χ0n) is 13.4. The van der Waals surface area contributed by atoms with Crippen molar-refractivity contribution >= 4 is 21.8 Å². The van der Waals surface area contributed by atoms with Gasteiger partial charge in [-0.25, -0.2) is 4.39 Å². The predicted molar refractivity (Wildman–Crippen MR) is 92.4 cm³/mol. The molecular weight excluding hydrogens is 420 g/mol. The Morgan fingerprint density at radius 1 is 1.12 bits per heavy atom. The number of benzene rings is 2. The third-order valence-electron chi connectivity index (χ3n) is 3.19. The Morgan fingerprint density at radius 3 is 2.42 bits per heavy atom. The van der Waals surface area contributed by atoms with E-state index in [2.05, 4.69) is 26.0 Å². The molecule has 2 rings (SSSR count). The summed E-state index contributed by atoms with van der Waals surface area (Å²) in [7, 11) is 0. The average Bonchev–Trinajstić information content (AvgIpc) is 2.58. The van der Waals surface area contributed by atoms with Crippen LogP contribution in [0.4, 0.5) is 17.6 Å². The summed E-state index contributed by atoms with van der Waals surface area (Å²) in [5.41, 5.74) is 1.09. The molecule has 0 aliphatic rings. The highest BCUT2D eigenvalue weighted by Crippen LogP contribution is 2.24. The van der Waals surface area contributed by atoms with Crippen molar-refractivity contribution in [2.24, 2.45) is 0 Å². The topological polar surface area (TPSA) is 54.3 Å². The summed E-state index contributed by atoms with van der Waals surface area (Å²) in [4.78, 5) is 0. The van der Waals surface area contributed by atoms with Gasteiger partial charge in [0, 0.05) is 22.1 Å². The molecule has 0 unspecified atom stereocenters. The van der Waals surface area contributed by atoms with Gasteiger partial charge in [-0.15, -0.1) is 13.2 Å². The molecule has 0 aromatic heterocycles. The third-order valence-corrected chi connectivity index (χ3v) is 3.68. The Bertz CT molecular complexity index is 751. The largest absolute Gasteiger partial charge is 0.573 e. The maximum atomic E-state index is 12.3. The predicted octanol–water partition coefficient (Wildman–Crippen LogP) is 4.81. The molecular formula is C17H15BrF4N2O2. The molecule has 0 saturated carbocycles. The molecule has 0 heterocycles. The standard InChI is InChI=1S/C17H15BrF4N2O2/c18-13-3-6-15(25-8-7-19)12(9-13)10-24-16(23)11-1-4-14(5-2-11)26-17(20,21)22/h1-6,9H,7-8,10H2,(H2,23,24). The lowest BCUT2D eigenvalue weighted by Gasteiger charge is -2.14. The van der Waals surface area contributed by atoms with E-state index in [9.17, 15) is 17.6 Å². The fraction of sp³-hybridized carbons (Fsp3) is 0.235. The monoisotopic (exact) mass is 434 g/mol. The van der Waals surface area contributed by atoms with Crippen LogP contribution in [-0.2, 0) is 6.54 Å². The Labute approximate surface area is 155 Å². The van der Waals surface area contributed by atoms with Crippen LogP contribution in [0.3, 0.4) is 0 Å². The van der Waals surface area contributed by atoms with Crippen molar-refractivity contribution in [1.82, 2.24) is 5.32 Å². The second-order valence-electron chi connectivity index (χ2n) is 5.09. The molecule has 26 heavy (non-hydrogen) atoms. The van der Waals surface area contributed by atoms with Gasteiger partial charge in [-0.1, -0.05) is 15.9 Å². The minimum absolute atomic E-state index is 0.0139. The van der Waals surface area contributed by atoms with Gasteiger partial charge in [0.15, 0.2) is 0 Å². The van der Waals surface area contributed by atoms with Gasteiger partial charge in [-0.3, -0.25) is 5.41 Å². The van der Waals surface area contributed by atoms with E-state index in [0.717, 1.165) is 16.6 Å². The van der Waals surface area contributed by atoms with Gasteiger partial charge in [0.25, 0.3) is 0 Å². The van der Waals surface area contributed by atoms with Crippen LogP contribution in [0, 0.1) is 5.41 Å². The van der Waals surface area contributed by atoms with E-state index in [1.807, 2.05) is 0 Å². The molecule has 2 aromatic rings. The summed E-state index contributed by atoms with van der Waals surface area (Å²) in [6.07, 6.45) is -4.76. The highest BCUT2D eigenvalue weighted by molar-refractivity contribution is 9.10. The molecule has 0 aliphatic heterocycles. The highest BCUT2D eigenvalue weighted by Gasteiger charge is 2.30. The van der Waals surface area contributed by atoms with Crippen molar-refractivity contribution in [3.63, 3.8) is 0 Å². The fourth-order valence-electron chi connectivity index (χ4n) is 2.08. The second kappa shape index (κ2) is 8.88. The summed E-state index contributed by atoms with van der Waals surface area (Å²) < 4.78 is 58.6. The van der Waals surface area contributed by atoms with Crippen LogP contribution in [-0.4, -0.2) is 25.5 Å². The van der Waals surface area contributed by atoms with Crippen molar-refractivity contribution in [3.05, 3.63) is 58.1 Å². The number of amidine groups is 1. The molecule has 0 spiro atoms. The first-order valence-electron chi connectivity index (χ1n) is 7.44. The average molecular weight is 435 g/mol. The van der Waals surface area contributed by atoms with Crippen LogP contribution < -0.4 is 14.8 Å². The van der Waals surface area contributed by atoms with Gasteiger partial charge in [0.05, 0.1) is 0 Å². The van der Waals surface area contributed by atoms with Crippen molar-refractivity contribution in [1.29, 1.82) is 5.41 Å². The fourth-order valence-corrected chi connectivity index (χ4v) is 2.49. The Kier molecular flexibility index (Phi) is 6.84. The van der Waals surface area contributed by atoms with E-state index < -0.39 is 13.0 Å². The van der Waals surface area contributed by atoms with Gasteiger partial charge in [-0.05, 0) is 42.5 Å². The van der Waals surface area contributed by atoms with E-state index in [4.69, 9.17) is 10.1 Å². The first-order chi connectivity index (χ1) is 12.3. The van der Waals surface area contributed by atoms with Crippen LogP contribution in [0.1, 0.15) is 11.1 Å². The summed E-state index contributed by atoms with van der Waals surface area (Å²) in [6.45, 7) is -0.474. The van der Waals surface area contributed by atoms with Gasteiger partial charge in [0.1, 0.15) is 30.6 Å². The molecule has 4 nitrogen and oxygen atoms in total. The molecule has 0 atom stereocenters. The lowest BCUT2D eigenvalue weighted by molar-refractivity contribution is -0.274.